The predicted molar refractivity (Wildman–Crippen MR) is 49.7 cm³/mol. The Kier molecular flexibility index (Phi) is 3.36. The van der Waals surface area contributed by atoms with Crippen molar-refractivity contribution in [3.63, 3.8) is 0 Å². The number of aromatic amines is 1. The minimum absolute atomic E-state index is 0.244. The van der Waals surface area contributed by atoms with Crippen LogP contribution in [0.4, 0.5) is 22.0 Å². The fourth-order valence-electron chi connectivity index (χ4n) is 0.887. The van der Waals surface area contributed by atoms with Crippen LogP contribution in [-0.2, 0) is 6.18 Å². The largest absolute Gasteiger partial charge is 0.417 e. The van der Waals surface area contributed by atoms with Gasteiger partial charge in [-0.25, -0.2) is 8.78 Å². The standard InChI is InChI=1S/C7H3F5INO/c8-5(9)3-1-2(7(10,11)12)4(13)6(15)14-3/h1,5H,(H,14,15). The SMILES string of the molecule is O=c1[nH]c(C(F)F)cc(C(F)(F)F)c1I. The molecule has 0 unspecified atom stereocenters. The molecule has 0 radical (unpaired) electrons. The van der Waals surface area contributed by atoms with Gasteiger partial charge in [0.2, 0.25) is 0 Å². The van der Waals surface area contributed by atoms with E-state index in [1.54, 1.807) is 4.98 Å². The van der Waals surface area contributed by atoms with Crippen molar-refractivity contribution in [1.82, 2.24) is 4.98 Å². The quantitative estimate of drug-likeness (QED) is 0.619. The molecule has 8 heteroatoms. The van der Waals surface area contributed by atoms with E-state index < -0.39 is 33.0 Å². The summed E-state index contributed by atoms with van der Waals surface area (Å²) in [6, 6.07) is 0.244. The molecule has 15 heavy (non-hydrogen) atoms. The molecular weight excluding hydrogens is 336 g/mol. The van der Waals surface area contributed by atoms with Crippen molar-refractivity contribution in [2.75, 3.05) is 0 Å². The molecule has 0 fully saturated rings. The lowest BCUT2D eigenvalue weighted by atomic mass is 10.2. The Balaban J connectivity index is 3.46. The van der Waals surface area contributed by atoms with E-state index in [-0.39, 0.29) is 6.07 Å². The van der Waals surface area contributed by atoms with Crippen molar-refractivity contribution >= 4 is 22.6 Å². The zero-order valence-electron chi connectivity index (χ0n) is 6.83. The average molecular weight is 339 g/mol. The van der Waals surface area contributed by atoms with Crippen LogP contribution in [0, 0.1) is 3.57 Å². The summed E-state index contributed by atoms with van der Waals surface area (Å²) >= 11 is 1.16. The first-order valence-electron chi connectivity index (χ1n) is 3.51. The Hall–Kier alpha value is -0.670. The number of aromatic nitrogens is 1. The molecule has 1 rings (SSSR count). The van der Waals surface area contributed by atoms with Crippen LogP contribution in [0.3, 0.4) is 0 Å². The molecule has 1 aromatic rings. The molecule has 1 aromatic heterocycles. The minimum Gasteiger partial charge on any atom is -0.320 e. The number of hydrogen-bond donors (Lipinski definition) is 1. The van der Waals surface area contributed by atoms with E-state index in [0.29, 0.717) is 0 Å². The number of hydrogen-bond acceptors (Lipinski definition) is 1. The second-order valence-electron chi connectivity index (χ2n) is 2.58. The lowest BCUT2D eigenvalue weighted by molar-refractivity contribution is -0.138. The summed E-state index contributed by atoms with van der Waals surface area (Å²) in [7, 11) is 0. The van der Waals surface area contributed by atoms with E-state index in [1.165, 1.54) is 0 Å². The van der Waals surface area contributed by atoms with Gasteiger partial charge in [-0.15, -0.1) is 0 Å². The lowest BCUT2D eigenvalue weighted by Gasteiger charge is -2.10. The van der Waals surface area contributed by atoms with E-state index in [2.05, 4.69) is 0 Å². The van der Waals surface area contributed by atoms with Crippen LogP contribution in [0.2, 0.25) is 0 Å². The molecule has 0 spiro atoms. The summed E-state index contributed by atoms with van der Waals surface area (Å²) in [6.45, 7) is 0. The summed E-state index contributed by atoms with van der Waals surface area (Å²) in [6.07, 6.45) is -7.95. The third kappa shape index (κ3) is 2.67. The molecule has 0 aliphatic heterocycles. The Morgan fingerprint density at radius 2 is 1.87 bits per heavy atom. The van der Waals surface area contributed by atoms with Gasteiger partial charge in [-0.3, -0.25) is 4.79 Å². The highest BCUT2D eigenvalue weighted by atomic mass is 127. The predicted octanol–water partition coefficient (Wildman–Crippen LogP) is 2.94. The molecular formula is C7H3F5INO. The first kappa shape index (κ1) is 12.4. The molecule has 0 saturated heterocycles. The van der Waals surface area contributed by atoms with E-state index >= 15 is 0 Å². The van der Waals surface area contributed by atoms with E-state index in [4.69, 9.17) is 0 Å². The van der Waals surface area contributed by atoms with Gasteiger partial charge in [-0.2, -0.15) is 13.2 Å². The summed E-state index contributed by atoms with van der Waals surface area (Å²) in [4.78, 5) is 12.6. The van der Waals surface area contributed by atoms with Crippen molar-refractivity contribution < 1.29 is 22.0 Å². The Labute approximate surface area is 93.6 Å². The second kappa shape index (κ2) is 4.06. The molecule has 0 bridgehead atoms. The van der Waals surface area contributed by atoms with Crippen molar-refractivity contribution in [1.29, 1.82) is 0 Å². The Morgan fingerprint density at radius 1 is 1.33 bits per heavy atom. The van der Waals surface area contributed by atoms with Gasteiger partial charge in [-0.1, -0.05) is 0 Å². The molecule has 0 aliphatic rings. The van der Waals surface area contributed by atoms with Crippen LogP contribution in [0.25, 0.3) is 0 Å². The molecule has 1 N–H and O–H groups in total. The molecule has 0 saturated carbocycles. The highest BCUT2D eigenvalue weighted by Gasteiger charge is 2.35. The maximum Gasteiger partial charge on any atom is 0.417 e. The maximum atomic E-state index is 12.3. The van der Waals surface area contributed by atoms with Crippen LogP contribution < -0.4 is 5.56 Å². The van der Waals surface area contributed by atoms with Crippen molar-refractivity contribution in [2.45, 2.75) is 12.6 Å². The third-order valence-corrected chi connectivity index (χ3v) is 2.61. The van der Waals surface area contributed by atoms with Crippen LogP contribution in [0.15, 0.2) is 10.9 Å². The number of nitrogens with one attached hydrogen (secondary N) is 1. The average Bonchev–Trinajstić information content (AvgIpc) is 2.06. The van der Waals surface area contributed by atoms with Gasteiger partial charge >= 0.3 is 6.18 Å². The van der Waals surface area contributed by atoms with Crippen LogP contribution >= 0.6 is 22.6 Å². The summed E-state index contributed by atoms with van der Waals surface area (Å²) in [5, 5.41) is 0. The first-order valence-corrected chi connectivity index (χ1v) is 4.59. The number of H-pyrrole nitrogens is 1. The molecule has 0 aliphatic carbocycles. The first-order chi connectivity index (χ1) is 6.73. The van der Waals surface area contributed by atoms with E-state index in [0.717, 1.165) is 22.6 Å². The van der Waals surface area contributed by atoms with Crippen LogP contribution in [-0.4, -0.2) is 4.98 Å². The molecule has 2 nitrogen and oxygen atoms in total. The number of alkyl halides is 5. The van der Waals surface area contributed by atoms with Gasteiger partial charge in [0.15, 0.2) is 0 Å². The highest BCUT2D eigenvalue weighted by molar-refractivity contribution is 14.1. The fourth-order valence-corrected chi connectivity index (χ4v) is 1.48. The molecule has 84 valence electrons. The van der Waals surface area contributed by atoms with Crippen molar-refractivity contribution in [2.24, 2.45) is 0 Å². The summed E-state index contributed by atoms with van der Waals surface area (Å²) < 4.78 is 60.4. The van der Waals surface area contributed by atoms with Crippen molar-refractivity contribution in [3.8, 4) is 0 Å². The molecule has 1 heterocycles. The zero-order chi connectivity index (χ0) is 11.8. The smallest absolute Gasteiger partial charge is 0.320 e. The normalized spacial score (nSPS) is 12.2. The number of halogens is 6. The summed E-state index contributed by atoms with van der Waals surface area (Å²) in [5.41, 5.74) is -3.55. The fraction of sp³-hybridized carbons (Fsp3) is 0.286. The van der Waals surface area contributed by atoms with E-state index in [1.807, 2.05) is 0 Å². The van der Waals surface area contributed by atoms with Gasteiger partial charge < -0.3 is 4.98 Å². The van der Waals surface area contributed by atoms with Gasteiger partial charge in [0.1, 0.15) is 0 Å². The number of rotatable bonds is 1. The third-order valence-electron chi connectivity index (χ3n) is 1.53. The van der Waals surface area contributed by atoms with E-state index in [9.17, 15) is 26.7 Å². The summed E-state index contributed by atoms with van der Waals surface area (Å²) in [5.74, 6) is 0. The van der Waals surface area contributed by atoms with Gasteiger partial charge in [0, 0.05) is 0 Å². The molecule has 0 aromatic carbocycles. The highest BCUT2D eigenvalue weighted by Crippen LogP contribution is 2.32. The zero-order valence-corrected chi connectivity index (χ0v) is 8.99. The van der Waals surface area contributed by atoms with Gasteiger partial charge in [0.25, 0.3) is 12.0 Å². The second-order valence-corrected chi connectivity index (χ2v) is 3.66. The van der Waals surface area contributed by atoms with Crippen LogP contribution in [0.1, 0.15) is 17.7 Å². The Morgan fingerprint density at radius 3 is 2.27 bits per heavy atom. The number of pyridine rings is 1. The lowest BCUT2D eigenvalue weighted by Crippen LogP contribution is -2.20. The maximum absolute atomic E-state index is 12.3. The molecule has 0 amide bonds. The Bertz CT molecular complexity index is 424. The minimum atomic E-state index is -4.81. The van der Waals surface area contributed by atoms with Crippen molar-refractivity contribution in [3.05, 3.63) is 31.2 Å². The van der Waals surface area contributed by atoms with Crippen LogP contribution in [0.5, 0.6) is 0 Å². The topological polar surface area (TPSA) is 32.9 Å². The van der Waals surface area contributed by atoms with Gasteiger partial charge in [0.05, 0.1) is 14.8 Å². The molecule has 0 atom stereocenters. The monoisotopic (exact) mass is 339 g/mol. The van der Waals surface area contributed by atoms with Gasteiger partial charge in [-0.05, 0) is 28.7 Å².